The number of carboxylic acid groups (broad SMARTS) is 1. The van der Waals surface area contributed by atoms with Crippen LogP contribution in [0.15, 0.2) is 57.5 Å². The molecule has 1 saturated carbocycles. The Morgan fingerprint density at radius 1 is 1.10 bits per heavy atom. The maximum Gasteiger partial charge on any atom is 0.305 e. The Morgan fingerprint density at radius 2 is 1.85 bits per heavy atom. The first-order valence-corrected chi connectivity index (χ1v) is 14.2. The van der Waals surface area contributed by atoms with Crippen molar-refractivity contribution in [2.24, 2.45) is 5.92 Å². The third-order valence-electron chi connectivity index (χ3n) is 7.87. The van der Waals surface area contributed by atoms with Crippen LogP contribution in [-0.2, 0) is 11.4 Å². The lowest BCUT2D eigenvalue weighted by Crippen LogP contribution is -2.29. The van der Waals surface area contributed by atoms with Crippen molar-refractivity contribution < 1.29 is 28.4 Å². The molecule has 0 bridgehead atoms. The quantitative estimate of drug-likeness (QED) is 0.204. The largest absolute Gasteiger partial charge is 0.487 e. The number of ether oxygens (including phenoxy) is 1. The normalized spacial score (nSPS) is 14.6. The van der Waals surface area contributed by atoms with Gasteiger partial charge in [-0.05, 0) is 75.1 Å². The number of fused-ring (bicyclic) bond motifs is 1. The van der Waals surface area contributed by atoms with Gasteiger partial charge in [0.2, 0.25) is 0 Å². The van der Waals surface area contributed by atoms with Gasteiger partial charge in [0.15, 0.2) is 0 Å². The molecule has 5 rings (SSSR count). The van der Waals surface area contributed by atoms with Crippen LogP contribution in [0.5, 0.6) is 5.75 Å². The zero-order chi connectivity index (χ0) is 28.9. The number of aryl methyl sites for hydroxylation is 2. The molecular formula is C32H37N3O6. The van der Waals surface area contributed by atoms with E-state index >= 15 is 0 Å². The number of nitrogens with one attached hydrogen (secondary N) is 1. The minimum atomic E-state index is -0.927. The van der Waals surface area contributed by atoms with Crippen LogP contribution in [0, 0.1) is 19.8 Å². The second-order valence-electron chi connectivity index (χ2n) is 10.9. The Labute approximate surface area is 239 Å². The summed E-state index contributed by atoms with van der Waals surface area (Å²) in [6.07, 6.45) is 5.78. The fraction of sp³-hybridized carbons (Fsp3) is 0.406. The van der Waals surface area contributed by atoms with Gasteiger partial charge < -0.3 is 29.0 Å². The van der Waals surface area contributed by atoms with Gasteiger partial charge in [-0.1, -0.05) is 24.4 Å². The molecule has 2 N–H and O–H groups in total. The van der Waals surface area contributed by atoms with Crippen molar-refractivity contribution in [3.63, 3.8) is 0 Å². The number of aromatic nitrogens is 1. The van der Waals surface area contributed by atoms with E-state index in [-0.39, 0.29) is 24.9 Å². The zero-order valence-electron chi connectivity index (χ0n) is 23.8. The van der Waals surface area contributed by atoms with Gasteiger partial charge in [-0.3, -0.25) is 9.59 Å². The number of benzene rings is 2. The van der Waals surface area contributed by atoms with Crippen LogP contribution in [0.1, 0.15) is 77.7 Å². The van der Waals surface area contributed by atoms with Gasteiger partial charge in [0.05, 0.1) is 12.5 Å². The summed E-state index contributed by atoms with van der Waals surface area (Å²) < 4.78 is 17.6. The second-order valence-corrected chi connectivity index (χ2v) is 10.9. The number of carbonyl (C=O) groups excluding carboxylic acids is 1. The number of amides is 1. The highest BCUT2D eigenvalue weighted by atomic mass is 16.5. The first-order valence-electron chi connectivity index (χ1n) is 14.2. The zero-order valence-corrected chi connectivity index (χ0v) is 23.8. The molecule has 0 spiro atoms. The molecule has 1 atom stereocenters. The van der Waals surface area contributed by atoms with E-state index in [2.05, 4.69) is 17.4 Å². The molecule has 216 valence electrons. The van der Waals surface area contributed by atoms with Gasteiger partial charge in [-0.25, -0.2) is 0 Å². The molecule has 1 unspecified atom stereocenters. The Bertz CT molecular complexity index is 1500. The Balaban J connectivity index is 1.36. The van der Waals surface area contributed by atoms with Crippen molar-refractivity contribution in [3.8, 4) is 5.75 Å². The highest BCUT2D eigenvalue weighted by Gasteiger charge is 2.30. The maximum absolute atomic E-state index is 12.7. The molecule has 1 aliphatic rings. The monoisotopic (exact) mass is 559 g/mol. The number of furan rings is 1. The fourth-order valence-corrected chi connectivity index (χ4v) is 5.59. The van der Waals surface area contributed by atoms with Crippen molar-refractivity contribution in [1.82, 2.24) is 10.1 Å². The molecule has 9 nitrogen and oxygen atoms in total. The van der Waals surface area contributed by atoms with E-state index in [1.807, 2.05) is 43.3 Å². The molecule has 0 aliphatic heterocycles. The molecule has 2 heterocycles. The lowest BCUT2D eigenvalue weighted by atomic mass is 9.82. The Kier molecular flexibility index (Phi) is 8.61. The lowest BCUT2D eigenvalue weighted by molar-refractivity contribution is -0.137. The van der Waals surface area contributed by atoms with Crippen LogP contribution in [0.3, 0.4) is 0 Å². The molecule has 4 aromatic rings. The summed E-state index contributed by atoms with van der Waals surface area (Å²) in [5.41, 5.74) is 4.06. The van der Waals surface area contributed by atoms with Gasteiger partial charge in [-0.2, -0.15) is 0 Å². The standard InChI is InChI=1S/C32H37N3O6/c1-20-17-25(34-41-20)19-39-26-13-14-28-27(18-26)21(2)31(40-28)30(22-7-5-4-6-8-22)33-24-11-9-23(10-12-24)32(38)35(3)16-15-29(36)37/h9-14,17-18,22,30,33H,4-8,15-16,19H2,1-3H3,(H,36,37). The van der Waals surface area contributed by atoms with E-state index < -0.39 is 5.97 Å². The predicted octanol–water partition coefficient (Wildman–Crippen LogP) is 6.90. The van der Waals surface area contributed by atoms with Crippen LogP contribution in [0.4, 0.5) is 5.69 Å². The van der Waals surface area contributed by atoms with E-state index in [1.54, 1.807) is 19.2 Å². The average Bonchev–Trinajstić information content (AvgIpc) is 3.55. The van der Waals surface area contributed by atoms with Gasteiger partial charge in [-0.15, -0.1) is 0 Å². The molecule has 0 saturated heterocycles. The van der Waals surface area contributed by atoms with Gasteiger partial charge in [0.1, 0.15) is 35.2 Å². The average molecular weight is 560 g/mol. The molecule has 1 aliphatic carbocycles. The van der Waals surface area contributed by atoms with E-state index in [9.17, 15) is 9.59 Å². The summed E-state index contributed by atoms with van der Waals surface area (Å²) in [5, 5.41) is 17.7. The number of nitrogens with zero attached hydrogens (tertiary/aromatic N) is 2. The number of carbonyl (C=O) groups is 2. The smallest absolute Gasteiger partial charge is 0.305 e. The summed E-state index contributed by atoms with van der Waals surface area (Å²) in [6.45, 7) is 4.44. The molecule has 0 radical (unpaired) electrons. The SMILES string of the molecule is Cc1cc(COc2ccc3oc(C(Nc4ccc(C(=O)N(C)CCC(=O)O)cc4)C4CCCCC4)c(C)c3c2)no1. The van der Waals surface area contributed by atoms with Crippen LogP contribution in [-0.4, -0.2) is 40.6 Å². The Hall–Kier alpha value is -4.27. The van der Waals surface area contributed by atoms with Crippen molar-refractivity contribution in [3.05, 3.63) is 76.9 Å². The lowest BCUT2D eigenvalue weighted by Gasteiger charge is -2.31. The van der Waals surface area contributed by atoms with Gasteiger partial charge >= 0.3 is 5.97 Å². The van der Waals surface area contributed by atoms with Gasteiger partial charge in [0, 0.05) is 41.9 Å². The van der Waals surface area contributed by atoms with Crippen molar-refractivity contribution in [1.29, 1.82) is 0 Å². The predicted molar refractivity (Wildman–Crippen MR) is 155 cm³/mol. The second kappa shape index (κ2) is 12.5. The highest BCUT2D eigenvalue weighted by molar-refractivity contribution is 5.94. The Morgan fingerprint density at radius 3 is 2.54 bits per heavy atom. The summed E-state index contributed by atoms with van der Waals surface area (Å²) in [4.78, 5) is 25.0. The van der Waals surface area contributed by atoms with E-state index in [4.69, 9.17) is 18.8 Å². The van der Waals surface area contributed by atoms with Crippen LogP contribution >= 0.6 is 0 Å². The number of carboxylic acids is 1. The molecule has 2 aromatic heterocycles. The summed E-state index contributed by atoms with van der Waals surface area (Å²) in [7, 11) is 1.62. The number of hydrogen-bond donors (Lipinski definition) is 2. The number of hydrogen-bond acceptors (Lipinski definition) is 7. The van der Waals surface area contributed by atoms with E-state index in [0.717, 1.165) is 58.0 Å². The molecule has 41 heavy (non-hydrogen) atoms. The molecular weight excluding hydrogens is 522 g/mol. The van der Waals surface area contributed by atoms with E-state index in [0.29, 0.717) is 18.1 Å². The minimum absolute atomic E-state index is 0.0232. The summed E-state index contributed by atoms with van der Waals surface area (Å²) in [5.74, 6) is 1.70. The van der Waals surface area contributed by atoms with Crippen LogP contribution in [0.2, 0.25) is 0 Å². The van der Waals surface area contributed by atoms with E-state index in [1.165, 1.54) is 24.2 Å². The number of anilines is 1. The number of rotatable bonds is 11. The fourth-order valence-electron chi connectivity index (χ4n) is 5.59. The van der Waals surface area contributed by atoms with Crippen LogP contribution < -0.4 is 10.1 Å². The molecule has 1 amide bonds. The maximum atomic E-state index is 12.7. The topological polar surface area (TPSA) is 118 Å². The van der Waals surface area contributed by atoms with Crippen molar-refractivity contribution in [2.45, 2.75) is 65.0 Å². The van der Waals surface area contributed by atoms with Crippen molar-refractivity contribution >= 4 is 28.5 Å². The third-order valence-corrected chi connectivity index (χ3v) is 7.87. The number of aliphatic carboxylic acids is 1. The highest BCUT2D eigenvalue weighted by Crippen LogP contribution is 2.41. The van der Waals surface area contributed by atoms with Gasteiger partial charge in [0.25, 0.3) is 5.91 Å². The van der Waals surface area contributed by atoms with Crippen molar-refractivity contribution in [2.75, 3.05) is 18.9 Å². The molecule has 1 fully saturated rings. The first kappa shape index (κ1) is 28.3. The third kappa shape index (κ3) is 6.73. The van der Waals surface area contributed by atoms with Crippen LogP contribution in [0.25, 0.3) is 11.0 Å². The molecule has 9 heteroatoms. The summed E-state index contributed by atoms with van der Waals surface area (Å²) >= 11 is 0. The summed E-state index contributed by atoms with van der Waals surface area (Å²) in [6, 6.07) is 15.1. The molecule has 2 aromatic carbocycles. The minimum Gasteiger partial charge on any atom is -0.487 e. The first-order chi connectivity index (χ1) is 19.8.